The number of carbonyl (C=O) groups excluding carboxylic acids is 1. The summed E-state index contributed by atoms with van der Waals surface area (Å²) >= 11 is 13.6. The van der Waals surface area contributed by atoms with E-state index in [-0.39, 0.29) is 11.4 Å². The van der Waals surface area contributed by atoms with Crippen molar-refractivity contribution in [2.24, 2.45) is 0 Å². The van der Waals surface area contributed by atoms with E-state index in [1.54, 1.807) is 28.8 Å². The van der Waals surface area contributed by atoms with E-state index in [0.29, 0.717) is 71.4 Å². The highest BCUT2D eigenvalue weighted by Crippen LogP contribution is 2.36. The van der Waals surface area contributed by atoms with Gasteiger partial charge in [-0.05, 0) is 30.2 Å². The Labute approximate surface area is 252 Å². The number of pyridine rings is 1. The summed E-state index contributed by atoms with van der Waals surface area (Å²) in [5.41, 5.74) is 2.20. The molecule has 5 heterocycles. The van der Waals surface area contributed by atoms with Gasteiger partial charge in [-0.25, -0.2) is 14.2 Å². The minimum absolute atomic E-state index is 0.154. The van der Waals surface area contributed by atoms with E-state index in [0.717, 1.165) is 22.5 Å². The van der Waals surface area contributed by atoms with E-state index in [1.165, 1.54) is 22.7 Å². The molecule has 2 aliphatic rings. The van der Waals surface area contributed by atoms with Crippen LogP contribution in [0.25, 0.3) is 16.3 Å². The number of halogens is 2. The van der Waals surface area contributed by atoms with Crippen molar-refractivity contribution in [1.29, 1.82) is 0 Å². The first-order chi connectivity index (χ1) is 19.8. The molecule has 14 heteroatoms. The van der Waals surface area contributed by atoms with Crippen LogP contribution < -0.4 is 19.5 Å². The molecule has 2 fully saturated rings. The molecule has 0 amide bonds. The lowest BCUT2D eigenvalue weighted by Crippen LogP contribution is -2.37. The maximum absolute atomic E-state index is 14.0. The van der Waals surface area contributed by atoms with Gasteiger partial charge in [0.25, 0.3) is 0 Å². The average Bonchev–Trinajstić information content (AvgIpc) is 3.61. The van der Waals surface area contributed by atoms with E-state index in [4.69, 9.17) is 37.7 Å². The molecular formula is C27H25Cl2N5O5S2. The minimum atomic E-state index is -1.26. The molecule has 3 aromatic heterocycles. The van der Waals surface area contributed by atoms with Crippen molar-refractivity contribution in [3.63, 3.8) is 0 Å². The molecule has 1 aromatic carbocycles. The number of hydrogen-bond acceptors (Lipinski definition) is 9. The first kappa shape index (κ1) is 28.1. The lowest BCUT2D eigenvalue weighted by atomic mass is 10.1. The number of anilines is 2. The Morgan fingerprint density at radius 3 is 2.68 bits per heavy atom. The predicted octanol–water partition coefficient (Wildman–Crippen LogP) is 4.35. The lowest BCUT2D eigenvalue weighted by molar-refractivity contribution is -0.131. The monoisotopic (exact) mass is 633 g/mol. The third-order valence-electron chi connectivity index (χ3n) is 6.78. The van der Waals surface area contributed by atoms with E-state index >= 15 is 0 Å². The number of carbonyl (C=O) groups is 1. The van der Waals surface area contributed by atoms with E-state index in [9.17, 15) is 13.8 Å². The molecule has 6 rings (SSSR count). The van der Waals surface area contributed by atoms with Crippen molar-refractivity contribution in [2.45, 2.75) is 19.8 Å². The normalized spacial score (nSPS) is 17.4. The summed E-state index contributed by atoms with van der Waals surface area (Å²) in [4.78, 5) is 38.5. The SMILES string of the molecule is CC(=O)Oc1c(-c2ncc(Cc3ccc(Cl)c(Cl)c3)s2)nc2c(N3CCCS3=O)cc(N3CCOCC3)cn2c1=O. The number of aromatic nitrogens is 3. The van der Waals surface area contributed by atoms with Gasteiger partial charge in [0.1, 0.15) is 21.7 Å². The summed E-state index contributed by atoms with van der Waals surface area (Å²) in [6.45, 7) is 4.21. The molecule has 0 aliphatic carbocycles. The molecule has 1 unspecified atom stereocenters. The number of nitrogens with zero attached hydrogens (tertiary/aromatic N) is 5. The van der Waals surface area contributed by atoms with Crippen molar-refractivity contribution in [2.75, 3.05) is 47.8 Å². The smallest absolute Gasteiger partial charge is 0.308 e. The van der Waals surface area contributed by atoms with Gasteiger partial charge in [0.05, 0.1) is 34.6 Å². The maximum atomic E-state index is 14.0. The topological polar surface area (TPSA) is 106 Å². The molecule has 41 heavy (non-hydrogen) atoms. The zero-order valence-electron chi connectivity index (χ0n) is 22.0. The Balaban J connectivity index is 1.50. The molecule has 214 valence electrons. The number of esters is 1. The number of hydrogen-bond donors (Lipinski definition) is 0. The van der Waals surface area contributed by atoms with Crippen molar-refractivity contribution in [1.82, 2.24) is 14.4 Å². The molecule has 0 bridgehead atoms. The fourth-order valence-electron chi connectivity index (χ4n) is 4.87. The van der Waals surface area contributed by atoms with Crippen molar-refractivity contribution >= 4 is 68.5 Å². The van der Waals surface area contributed by atoms with Crippen LogP contribution >= 0.6 is 34.5 Å². The summed E-state index contributed by atoms with van der Waals surface area (Å²) in [5.74, 6) is -0.331. The molecule has 2 saturated heterocycles. The van der Waals surface area contributed by atoms with Crippen LogP contribution in [-0.2, 0) is 26.9 Å². The van der Waals surface area contributed by atoms with E-state index < -0.39 is 22.5 Å². The largest absolute Gasteiger partial charge is 0.418 e. The van der Waals surface area contributed by atoms with Crippen LogP contribution in [0.1, 0.15) is 23.8 Å². The Kier molecular flexibility index (Phi) is 8.01. The third-order valence-corrected chi connectivity index (χ3v) is 10.0. The second-order valence-electron chi connectivity index (χ2n) is 9.60. The van der Waals surface area contributed by atoms with Gasteiger partial charge in [0.15, 0.2) is 5.65 Å². The van der Waals surface area contributed by atoms with Crippen molar-refractivity contribution in [3.05, 3.63) is 67.5 Å². The predicted molar refractivity (Wildman–Crippen MR) is 161 cm³/mol. The highest BCUT2D eigenvalue weighted by Gasteiger charge is 2.28. The van der Waals surface area contributed by atoms with Gasteiger partial charge in [0, 0.05) is 56.0 Å². The van der Waals surface area contributed by atoms with Gasteiger partial charge in [-0.1, -0.05) is 29.3 Å². The van der Waals surface area contributed by atoms with E-state index in [1.807, 2.05) is 12.1 Å². The molecule has 0 spiro atoms. The van der Waals surface area contributed by atoms with Crippen LogP contribution in [0.2, 0.25) is 10.0 Å². The molecule has 4 aromatic rings. The standard InChI is InChI=1S/C27H25Cl2N5O5S2/c1-16(35)39-24-23(26-30-14-19(40-26)11-17-3-4-20(28)21(29)12-17)31-25-22(34-5-2-10-41(34)37)13-18(15-33(25)27(24)36)32-6-8-38-9-7-32/h3-4,12-15H,2,5-11H2,1H3. The Morgan fingerprint density at radius 2 is 1.98 bits per heavy atom. The average molecular weight is 635 g/mol. The molecule has 2 aliphatic heterocycles. The molecule has 1 atom stereocenters. The van der Waals surface area contributed by atoms with Gasteiger partial charge in [-0.3, -0.25) is 18.3 Å². The van der Waals surface area contributed by atoms with Crippen molar-refractivity contribution in [3.8, 4) is 16.5 Å². The van der Waals surface area contributed by atoms with Crippen LogP contribution in [0.4, 0.5) is 11.4 Å². The van der Waals surface area contributed by atoms with Crippen LogP contribution in [0.15, 0.2) is 41.5 Å². The zero-order chi connectivity index (χ0) is 28.7. The first-order valence-corrected chi connectivity index (χ1v) is 15.8. The zero-order valence-corrected chi connectivity index (χ0v) is 25.1. The molecule has 0 radical (unpaired) electrons. The molecular weight excluding hydrogens is 609 g/mol. The number of fused-ring (bicyclic) bond motifs is 1. The van der Waals surface area contributed by atoms with Crippen LogP contribution in [0, 0.1) is 0 Å². The van der Waals surface area contributed by atoms with Crippen LogP contribution in [0.3, 0.4) is 0 Å². The maximum Gasteiger partial charge on any atom is 0.308 e. The second-order valence-corrected chi connectivity index (χ2v) is 13.0. The Hall–Kier alpha value is -3.03. The fraction of sp³-hybridized carbons (Fsp3) is 0.333. The number of morpholine rings is 1. The number of benzene rings is 1. The fourth-order valence-corrected chi connectivity index (χ4v) is 7.41. The van der Waals surface area contributed by atoms with Crippen LogP contribution in [0.5, 0.6) is 5.75 Å². The minimum Gasteiger partial charge on any atom is -0.418 e. The van der Waals surface area contributed by atoms with Gasteiger partial charge in [-0.15, -0.1) is 11.3 Å². The molecule has 10 nitrogen and oxygen atoms in total. The summed E-state index contributed by atoms with van der Waals surface area (Å²) in [6.07, 6.45) is 4.67. The van der Waals surface area contributed by atoms with Crippen LogP contribution in [-0.4, -0.2) is 63.1 Å². The Morgan fingerprint density at radius 1 is 1.17 bits per heavy atom. The summed E-state index contributed by atoms with van der Waals surface area (Å²) < 4.78 is 27.1. The first-order valence-electron chi connectivity index (χ1n) is 12.9. The number of thiazole rings is 1. The van der Waals surface area contributed by atoms with Gasteiger partial charge < -0.3 is 14.4 Å². The van der Waals surface area contributed by atoms with Gasteiger partial charge in [0.2, 0.25) is 5.75 Å². The highest BCUT2D eigenvalue weighted by atomic mass is 35.5. The van der Waals surface area contributed by atoms with E-state index in [2.05, 4.69) is 9.88 Å². The third kappa shape index (κ3) is 5.71. The summed E-state index contributed by atoms with van der Waals surface area (Å²) in [5, 5.41) is 1.35. The highest BCUT2D eigenvalue weighted by molar-refractivity contribution is 7.86. The summed E-state index contributed by atoms with van der Waals surface area (Å²) in [7, 11) is -1.26. The van der Waals surface area contributed by atoms with Gasteiger partial charge >= 0.3 is 11.5 Å². The van der Waals surface area contributed by atoms with Crippen molar-refractivity contribution < 1.29 is 18.5 Å². The number of ether oxygens (including phenoxy) is 2. The lowest BCUT2D eigenvalue weighted by Gasteiger charge is -2.30. The van der Waals surface area contributed by atoms with Gasteiger partial charge in [-0.2, -0.15) is 0 Å². The summed E-state index contributed by atoms with van der Waals surface area (Å²) in [6, 6.07) is 7.33. The molecule has 0 saturated carbocycles. The number of rotatable bonds is 6. The quantitative estimate of drug-likeness (QED) is 0.289. The Bertz CT molecular complexity index is 1740. The second kappa shape index (κ2) is 11.7. The molecule has 0 N–H and O–H groups in total.